The fourth-order valence-electron chi connectivity index (χ4n) is 3.58. The van der Waals surface area contributed by atoms with E-state index in [1.807, 2.05) is 35.2 Å². The van der Waals surface area contributed by atoms with Crippen molar-refractivity contribution in [3.8, 4) is 17.2 Å². The number of hydrogen-bond donors (Lipinski definition) is 0. The van der Waals surface area contributed by atoms with Gasteiger partial charge in [-0.3, -0.25) is 4.79 Å². The van der Waals surface area contributed by atoms with E-state index < -0.39 is 0 Å². The number of para-hydroxylation sites is 1. The van der Waals surface area contributed by atoms with Gasteiger partial charge in [0.15, 0.2) is 18.1 Å². The predicted molar refractivity (Wildman–Crippen MR) is 103 cm³/mol. The Labute approximate surface area is 163 Å². The Morgan fingerprint density at radius 1 is 1.11 bits per heavy atom. The molecule has 1 unspecified atom stereocenters. The number of benzene rings is 2. The van der Waals surface area contributed by atoms with E-state index in [0.717, 1.165) is 42.9 Å². The predicted octanol–water partition coefficient (Wildman–Crippen LogP) is 4.24. The molecule has 142 valence electrons. The summed E-state index contributed by atoms with van der Waals surface area (Å²) in [6.45, 7) is 2.02. The van der Waals surface area contributed by atoms with Crippen molar-refractivity contribution in [3.63, 3.8) is 0 Å². The van der Waals surface area contributed by atoms with Crippen LogP contribution in [-0.2, 0) is 4.79 Å². The van der Waals surface area contributed by atoms with Gasteiger partial charge in [-0.1, -0.05) is 29.8 Å². The second-order valence-corrected chi connectivity index (χ2v) is 7.13. The zero-order valence-electron chi connectivity index (χ0n) is 15.0. The third-order valence-electron chi connectivity index (χ3n) is 4.92. The maximum Gasteiger partial charge on any atom is 0.261 e. The molecule has 0 aromatic heterocycles. The topological polar surface area (TPSA) is 48.0 Å². The van der Waals surface area contributed by atoms with Crippen molar-refractivity contribution in [1.29, 1.82) is 0 Å². The first-order valence-electron chi connectivity index (χ1n) is 9.29. The van der Waals surface area contributed by atoms with Gasteiger partial charge >= 0.3 is 0 Å². The SMILES string of the molecule is O=C(COc1ccccc1Cl)N1CCCC1c1ccc2c(c1)OCCCO2. The molecule has 4 rings (SSSR count). The number of halogens is 1. The summed E-state index contributed by atoms with van der Waals surface area (Å²) >= 11 is 6.10. The van der Waals surface area contributed by atoms with Gasteiger partial charge in [-0.05, 0) is 42.7 Å². The fourth-order valence-corrected chi connectivity index (χ4v) is 3.77. The molecule has 0 saturated carbocycles. The number of carbonyl (C=O) groups is 1. The van der Waals surface area contributed by atoms with Crippen LogP contribution in [0.4, 0.5) is 0 Å². The number of fused-ring (bicyclic) bond motifs is 1. The number of amides is 1. The molecule has 27 heavy (non-hydrogen) atoms. The molecule has 0 bridgehead atoms. The minimum absolute atomic E-state index is 0.0230. The minimum atomic E-state index is -0.0375. The average Bonchev–Trinajstić information content (AvgIpc) is 3.06. The molecule has 1 fully saturated rings. The van der Waals surface area contributed by atoms with E-state index in [-0.39, 0.29) is 18.6 Å². The Hall–Kier alpha value is -2.40. The molecule has 2 aliphatic heterocycles. The van der Waals surface area contributed by atoms with Crippen LogP contribution in [0.15, 0.2) is 42.5 Å². The smallest absolute Gasteiger partial charge is 0.261 e. The standard InChI is InChI=1S/C21H22ClNO4/c22-16-5-1-2-7-18(16)27-14-21(24)23-10-3-6-17(23)15-8-9-19-20(13-15)26-12-4-11-25-19/h1-2,5,7-9,13,17H,3-4,6,10-12,14H2. The fraction of sp³-hybridized carbons (Fsp3) is 0.381. The van der Waals surface area contributed by atoms with Crippen molar-refractivity contribution in [2.24, 2.45) is 0 Å². The highest BCUT2D eigenvalue weighted by Crippen LogP contribution is 2.38. The maximum atomic E-state index is 12.8. The molecule has 0 aliphatic carbocycles. The third kappa shape index (κ3) is 3.98. The second-order valence-electron chi connectivity index (χ2n) is 6.72. The quantitative estimate of drug-likeness (QED) is 0.787. The molecule has 2 aromatic rings. The van der Waals surface area contributed by atoms with Crippen molar-refractivity contribution in [2.45, 2.75) is 25.3 Å². The Balaban J connectivity index is 1.46. The van der Waals surface area contributed by atoms with Crippen LogP contribution in [0.1, 0.15) is 30.9 Å². The first kappa shape index (κ1) is 18.0. The summed E-state index contributed by atoms with van der Waals surface area (Å²) in [4.78, 5) is 14.6. The van der Waals surface area contributed by atoms with Gasteiger partial charge in [0, 0.05) is 13.0 Å². The van der Waals surface area contributed by atoms with Crippen molar-refractivity contribution in [2.75, 3.05) is 26.4 Å². The molecule has 2 heterocycles. The minimum Gasteiger partial charge on any atom is -0.490 e. The van der Waals surface area contributed by atoms with Crippen LogP contribution < -0.4 is 14.2 Å². The van der Waals surface area contributed by atoms with Crippen LogP contribution in [0.3, 0.4) is 0 Å². The summed E-state index contributed by atoms with van der Waals surface area (Å²) in [5.74, 6) is 2.02. The van der Waals surface area contributed by atoms with Gasteiger partial charge < -0.3 is 19.1 Å². The van der Waals surface area contributed by atoms with Crippen molar-refractivity contribution in [3.05, 3.63) is 53.1 Å². The normalized spacial score (nSPS) is 18.9. The molecule has 2 aromatic carbocycles. The van der Waals surface area contributed by atoms with Crippen LogP contribution in [-0.4, -0.2) is 37.2 Å². The van der Waals surface area contributed by atoms with Crippen molar-refractivity contribution in [1.82, 2.24) is 4.90 Å². The molecule has 0 N–H and O–H groups in total. The van der Waals surface area contributed by atoms with Gasteiger partial charge in [-0.25, -0.2) is 0 Å². The lowest BCUT2D eigenvalue weighted by atomic mass is 10.0. The maximum absolute atomic E-state index is 12.8. The summed E-state index contributed by atoms with van der Waals surface area (Å²) in [5, 5.41) is 0.506. The highest BCUT2D eigenvalue weighted by molar-refractivity contribution is 6.32. The van der Waals surface area contributed by atoms with E-state index in [1.54, 1.807) is 12.1 Å². The van der Waals surface area contributed by atoms with Crippen molar-refractivity contribution < 1.29 is 19.0 Å². The van der Waals surface area contributed by atoms with E-state index in [1.165, 1.54) is 0 Å². The van der Waals surface area contributed by atoms with Crippen LogP contribution in [0.2, 0.25) is 5.02 Å². The van der Waals surface area contributed by atoms with E-state index in [0.29, 0.717) is 24.0 Å². The molecular formula is C21H22ClNO4. The number of likely N-dealkylation sites (tertiary alicyclic amines) is 1. The second kappa shape index (κ2) is 8.09. The highest BCUT2D eigenvalue weighted by Gasteiger charge is 2.31. The van der Waals surface area contributed by atoms with Gasteiger partial charge in [-0.15, -0.1) is 0 Å². The Morgan fingerprint density at radius 3 is 2.78 bits per heavy atom. The number of ether oxygens (including phenoxy) is 3. The van der Waals surface area contributed by atoms with E-state index in [2.05, 4.69) is 0 Å². The van der Waals surface area contributed by atoms with E-state index in [4.69, 9.17) is 25.8 Å². The van der Waals surface area contributed by atoms with E-state index >= 15 is 0 Å². The number of carbonyl (C=O) groups excluding carboxylic acids is 1. The lowest BCUT2D eigenvalue weighted by Gasteiger charge is -2.25. The lowest BCUT2D eigenvalue weighted by molar-refractivity contribution is -0.134. The molecule has 5 nitrogen and oxygen atoms in total. The van der Waals surface area contributed by atoms with Gasteiger partial charge in [-0.2, -0.15) is 0 Å². The highest BCUT2D eigenvalue weighted by atomic mass is 35.5. The molecule has 6 heteroatoms. The lowest BCUT2D eigenvalue weighted by Crippen LogP contribution is -2.34. The Kier molecular flexibility index (Phi) is 5.39. The molecule has 1 atom stereocenters. The molecular weight excluding hydrogens is 366 g/mol. The van der Waals surface area contributed by atoms with Crippen LogP contribution in [0.5, 0.6) is 17.2 Å². The molecule has 0 radical (unpaired) electrons. The Morgan fingerprint density at radius 2 is 1.93 bits per heavy atom. The summed E-state index contributed by atoms with van der Waals surface area (Å²) < 4.78 is 17.1. The molecule has 1 saturated heterocycles. The average molecular weight is 388 g/mol. The molecule has 1 amide bonds. The number of rotatable bonds is 4. The van der Waals surface area contributed by atoms with Gasteiger partial charge in [0.2, 0.25) is 0 Å². The van der Waals surface area contributed by atoms with E-state index in [9.17, 15) is 4.79 Å². The largest absolute Gasteiger partial charge is 0.490 e. The molecule has 0 spiro atoms. The number of hydrogen-bond acceptors (Lipinski definition) is 4. The first-order valence-corrected chi connectivity index (χ1v) is 9.66. The van der Waals surface area contributed by atoms with Crippen LogP contribution >= 0.6 is 11.6 Å². The summed E-state index contributed by atoms with van der Waals surface area (Å²) in [5.41, 5.74) is 1.07. The summed E-state index contributed by atoms with van der Waals surface area (Å²) in [6, 6.07) is 13.2. The zero-order chi connectivity index (χ0) is 18.6. The summed E-state index contributed by atoms with van der Waals surface area (Å²) in [7, 11) is 0. The zero-order valence-corrected chi connectivity index (χ0v) is 15.8. The summed E-state index contributed by atoms with van der Waals surface area (Å²) in [6.07, 6.45) is 2.77. The monoisotopic (exact) mass is 387 g/mol. The Bertz CT molecular complexity index is 826. The van der Waals surface area contributed by atoms with Gasteiger partial charge in [0.05, 0.1) is 24.3 Å². The van der Waals surface area contributed by atoms with Crippen LogP contribution in [0, 0.1) is 0 Å². The van der Waals surface area contributed by atoms with Gasteiger partial charge in [0.25, 0.3) is 5.91 Å². The van der Waals surface area contributed by atoms with Crippen molar-refractivity contribution >= 4 is 17.5 Å². The van der Waals surface area contributed by atoms with Crippen LogP contribution in [0.25, 0.3) is 0 Å². The first-order chi connectivity index (χ1) is 13.2. The van der Waals surface area contributed by atoms with Gasteiger partial charge in [0.1, 0.15) is 5.75 Å². The third-order valence-corrected chi connectivity index (χ3v) is 5.23. The molecule has 2 aliphatic rings. The number of nitrogens with zero attached hydrogens (tertiary/aromatic N) is 1.